The lowest BCUT2D eigenvalue weighted by Gasteiger charge is -1.97. The highest BCUT2D eigenvalue weighted by atomic mass is 14.9. The molecule has 10 heavy (non-hydrogen) atoms. The second kappa shape index (κ2) is 4.85. The molecule has 3 heteroatoms. The Morgan fingerprint density at radius 3 is 2.30 bits per heavy atom. The van der Waals surface area contributed by atoms with Crippen molar-refractivity contribution in [1.82, 2.24) is 0 Å². The number of allylic oxidation sites excluding steroid dienone is 1. The molecule has 4 N–H and O–H groups in total. The van der Waals surface area contributed by atoms with Gasteiger partial charge in [-0.15, -0.1) is 0 Å². The quantitative estimate of drug-likeness (QED) is 0.454. The largest absolute Gasteiger partial charge is 0.403 e. The van der Waals surface area contributed by atoms with Crippen LogP contribution in [-0.2, 0) is 0 Å². The average Bonchev–Trinajstić information content (AvgIpc) is 1.99. The average molecular weight is 141 g/mol. The molecule has 0 heterocycles. The maximum absolute atomic E-state index is 5.48. The van der Waals surface area contributed by atoms with Gasteiger partial charge in [-0.2, -0.15) is 0 Å². The monoisotopic (exact) mass is 141 g/mol. The van der Waals surface area contributed by atoms with Crippen molar-refractivity contribution in [3.05, 3.63) is 11.9 Å². The molecule has 0 unspecified atom stereocenters. The maximum Gasteiger partial charge on any atom is 0.0990 e. The third kappa shape index (κ3) is 3.12. The molecule has 0 aromatic carbocycles. The Balaban J connectivity index is 4.08. The number of aliphatic imine (C=N–C) groups is 1. The van der Waals surface area contributed by atoms with Crippen LogP contribution in [0, 0.1) is 0 Å². The van der Waals surface area contributed by atoms with E-state index in [2.05, 4.69) is 4.99 Å². The first-order chi connectivity index (χ1) is 4.74. The van der Waals surface area contributed by atoms with Gasteiger partial charge < -0.3 is 11.5 Å². The number of nitrogens with two attached hydrogens (primary N) is 2. The van der Waals surface area contributed by atoms with Gasteiger partial charge in [0.05, 0.1) is 11.5 Å². The second-order valence-corrected chi connectivity index (χ2v) is 1.97. The summed E-state index contributed by atoms with van der Waals surface area (Å²) in [5.74, 6) is 0.638. The number of nitrogens with zero attached hydrogens (tertiary/aromatic N) is 1. The molecule has 0 aliphatic rings. The Labute approximate surface area is 61.8 Å². The molecule has 0 radical (unpaired) electrons. The Morgan fingerprint density at radius 1 is 1.40 bits per heavy atom. The smallest absolute Gasteiger partial charge is 0.0990 e. The summed E-state index contributed by atoms with van der Waals surface area (Å²) in [6.07, 6.45) is 3.09. The van der Waals surface area contributed by atoms with E-state index in [4.69, 9.17) is 11.5 Å². The summed E-state index contributed by atoms with van der Waals surface area (Å²) in [5, 5.41) is 0. The van der Waals surface area contributed by atoms with Crippen LogP contribution in [0.1, 0.15) is 26.7 Å². The zero-order valence-corrected chi connectivity index (χ0v) is 6.59. The highest BCUT2D eigenvalue weighted by molar-refractivity contribution is 5.80. The van der Waals surface area contributed by atoms with Crippen molar-refractivity contribution in [3.63, 3.8) is 0 Å². The van der Waals surface area contributed by atoms with Gasteiger partial charge in [0, 0.05) is 12.6 Å². The van der Waals surface area contributed by atoms with Gasteiger partial charge in [-0.05, 0) is 6.42 Å². The molecule has 0 saturated carbocycles. The minimum Gasteiger partial charge on any atom is -0.403 e. The first-order valence-electron chi connectivity index (χ1n) is 3.48. The van der Waals surface area contributed by atoms with Crippen LogP contribution in [-0.4, -0.2) is 5.84 Å². The van der Waals surface area contributed by atoms with Crippen LogP contribution >= 0.6 is 0 Å². The molecule has 0 rings (SSSR count). The van der Waals surface area contributed by atoms with Gasteiger partial charge in [-0.25, -0.2) is 4.99 Å². The van der Waals surface area contributed by atoms with E-state index < -0.39 is 0 Å². The van der Waals surface area contributed by atoms with Crippen molar-refractivity contribution >= 4 is 5.84 Å². The zero-order valence-electron chi connectivity index (χ0n) is 6.59. The van der Waals surface area contributed by atoms with Gasteiger partial charge in [0.1, 0.15) is 0 Å². The molecule has 0 aliphatic heterocycles. The molecule has 58 valence electrons. The molecule has 0 aromatic rings. The Hall–Kier alpha value is -0.990. The van der Waals surface area contributed by atoms with Crippen molar-refractivity contribution in [3.8, 4) is 0 Å². The molecule has 0 aliphatic carbocycles. The van der Waals surface area contributed by atoms with Crippen molar-refractivity contribution in [2.45, 2.75) is 26.7 Å². The summed E-state index contributed by atoms with van der Waals surface area (Å²) < 4.78 is 0. The van der Waals surface area contributed by atoms with Crippen LogP contribution in [0.15, 0.2) is 16.9 Å². The maximum atomic E-state index is 5.48. The van der Waals surface area contributed by atoms with Gasteiger partial charge >= 0.3 is 0 Å². The molecule has 0 amide bonds. The van der Waals surface area contributed by atoms with Crippen LogP contribution in [0.2, 0.25) is 0 Å². The SMILES string of the molecule is CCC(N)=N/C(=C/N)CC. The predicted octanol–water partition coefficient (Wildman–Crippen LogP) is 0.964. The van der Waals surface area contributed by atoms with Crippen LogP contribution in [0.3, 0.4) is 0 Å². The zero-order chi connectivity index (χ0) is 7.98. The second-order valence-electron chi connectivity index (χ2n) is 1.97. The fourth-order valence-corrected chi connectivity index (χ4v) is 0.498. The highest BCUT2D eigenvalue weighted by Crippen LogP contribution is 1.99. The summed E-state index contributed by atoms with van der Waals surface area (Å²) in [4.78, 5) is 4.06. The van der Waals surface area contributed by atoms with Crippen molar-refractivity contribution < 1.29 is 0 Å². The Kier molecular flexibility index (Phi) is 4.37. The van der Waals surface area contributed by atoms with Gasteiger partial charge in [0.25, 0.3) is 0 Å². The van der Waals surface area contributed by atoms with Gasteiger partial charge in [0.2, 0.25) is 0 Å². The number of hydrogen-bond donors (Lipinski definition) is 2. The third-order valence-corrected chi connectivity index (χ3v) is 1.20. The lowest BCUT2D eigenvalue weighted by atomic mass is 10.3. The minimum absolute atomic E-state index is 0.638. The van der Waals surface area contributed by atoms with E-state index in [1.165, 1.54) is 6.20 Å². The Bertz CT molecular complexity index is 147. The normalized spacial score (nSPS) is 13.8. The molecule has 3 nitrogen and oxygen atoms in total. The first-order valence-corrected chi connectivity index (χ1v) is 3.48. The lowest BCUT2D eigenvalue weighted by molar-refractivity contribution is 1.04. The summed E-state index contributed by atoms with van der Waals surface area (Å²) in [5.41, 5.74) is 11.6. The standard InChI is InChI=1S/C7H15N3/c1-3-6(5-8)10-7(9)4-2/h5H,3-4,8H2,1-2H3,(H2,9,10)/b6-5+. The third-order valence-electron chi connectivity index (χ3n) is 1.20. The molecule has 0 spiro atoms. The van der Waals surface area contributed by atoms with Gasteiger partial charge in [-0.3, -0.25) is 0 Å². The fraction of sp³-hybridized carbons (Fsp3) is 0.571. The van der Waals surface area contributed by atoms with Gasteiger partial charge in [0.15, 0.2) is 0 Å². The van der Waals surface area contributed by atoms with E-state index in [0.29, 0.717) is 5.84 Å². The molecular formula is C7H15N3. The van der Waals surface area contributed by atoms with E-state index in [-0.39, 0.29) is 0 Å². The number of rotatable bonds is 3. The molecule has 0 atom stereocenters. The molecule has 0 bridgehead atoms. The molecule has 0 fully saturated rings. The summed E-state index contributed by atoms with van der Waals surface area (Å²) in [7, 11) is 0. The van der Waals surface area contributed by atoms with Crippen molar-refractivity contribution in [2.24, 2.45) is 16.5 Å². The van der Waals surface area contributed by atoms with E-state index in [0.717, 1.165) is 18.5 Å². The predicted molar refractivity (Wildman–Crippen MR) is 44.5 cm³/mol. The number of amidine groups is 1. The van der Waals surface area contributed by atoms with Crippen molar-refractivity contribution in [2.75, 3.05) is 0 Å². The van der Waals surface area contributed by atoms with E-state index in [1.54, 1.807) is 0 Å². The van der Waals surface area contributed by atoms with Crippen LogP contribution in [0.25, 0.3) is 0 Å². The van der Waals surface area contributed by atoms with Gasteiger partial charge in [-0.1, -0.05) is 13.8 Å². The van der Waals surface area contributed by atoms with E-state index in [1.807, 2.05) is 13.8 Å². The fourth-order valence-electron chi connectivity index (χ4n) is 0.498. The van der Waals surface area contributed by atoms with Crippen LogP contribution in [0.4, 0.5) is 0 Å². The summed E-state index contributed by atoms with van der Waals surface area (Å²) >= 11 is 0. The van der Waals surface area contributed by atoms with Crippen LogP contribution < -0.4 is 11.5 Å². The van der Waals surface area contributed by atoms with Crippen LogP contribution in [0.5, 0.6) is 0 Å². The minimum atomic E-state index is 0.638. The molecule has 0 saturated heterocycles. The molecular weight excluding hydrogens is 126 g/mol. The first kappa shape index (κ1) is 9.01. The Morgan fingerprint density at radius 2 is 2.00 bits per heavy atom. The number of hydrogen-bond acceptors (Lipinski definition) is 2. The lowest BCUT2D eigenvalue weighted by Crippen LogP contribution is -2.09. The summed E-state index contributed by atoms with van der Waals surface area (Å²) in [6.45, 7) is 3.95. The van der Waals surface area contributed by atoms with E-state index in [9.17, 15) is 0 Å². The van der Waals surface area contributed by atoms with Crippen molar-refractivity contribution in [1.29, 1.82) is 0 Å². The molecule has 0 aromatic heterocycles. The topological polar surface area (TPSA) is 64.4 Å². The summed E-state index contributed by atoms with van der Waals surface area (Å²) in [6, 6.07) is 0. The van der Waals surface area contributed by atoms with E-state index >= 15 is 0 Å². The highest BCUT2D eigenvalue weighted by Gasteiger charge is 1.89.